The number of hydrogen-bond donors (Lipinski definition) is 2. The number of hydrogen-bond acceptors (Lipinski definition) is 4. The first-order valence-electron chi connectivity index (χ1n) is 5.92. The Morgan fingerprint density at radius 2 is 2.16 bits per heavy atom. The number of nitrogens with two attached hydrogens (primary N) is 1. The zero-order chi connectivity index (χ0) is 13.6. The lowest BCUT2D eigenvalue weighted by Crippen LogP contribution is -2.44. The number of benzene rings is 1. The molecular weight excluding hydrogens is 266 g/mol. The summed E-state index contributed by atoms with van der Waals surface area (Å²) in [7, 11) is 0. The number of phenols is 1. The predicted octanol–water partition coefficient (Wildman–Crippen LogP) is 2.10. The summed E-state index contributed by atoms with van der Waals surface area (Å²) in [6.45, 7) is 3.39. The molecule has 0 unspecified atom stereocenters. The van der Waals surface area contributed by atoms with Crippen molar-refractivity contribution >= 4 is 17.4 Å². The van der Waals surface area contributed by atoms with Crippen LogP contribution in [0, 0.1) is 0 Å². The summed E-state index contributed by atoms with van der Waals surface area (Å²) in [5, 5.41) is 14.2. The van der Waals surface area contributed by atoms with Gasteiger partial charge >= 0.3 is 0 Å². The number of anilines is 1. The molecular formula is C13H14ClN3O2. The molecule has 2 aromatic rings. The predicted molar refractivity (Wildman–Crippen MR) is 72.8 cm³/mol. The van der Waals surface area contributed by atoms with Gasteiger partial charge in [0, 0.05) is 6.07 Å². The molecule has 1 aliphatic heterocycles. The molecule has 1 saturated heterocycles. The Hall–Kier alpha value is -1.72. The van der Waals surface area contributed by atoms with Gasteiger partial charge in [-0.05, 0) is 25.1 Å². The summed E-state index contributed by atoms with van der Waals surface area (Å²) in [5.41, 5.74) is 7.54. The molecule has 2 heterocycles. The zero-order valence-electron chi connectivity index (χ0n) is 10.4. The van der Waals surface area contributed by atoms with Crippen LogP contribution in [0.5, 0.6) is 5.75 Å². The Bertz CT molecular complexity index is 635. The van der Waals surface area contributed by atoms with E-state index in [0.717, 1.165) is 11.4 Å². The van der Waals surface area contributed by atoms with Gasteiger partial charge in [-0.2, -0.15) is 5.10 Å². The van der Waals surface area contributed by atoms with Crippen molar-refractivity contribution in [3.8, 4) is 11.4 Å². The molecule has 0 aliphatic carbocycles. The smallest absolute Gasteiger partial charge is 0.134 e. The van der Waals surface area contributed by atoms with Gasteiger partial charge in [0.15, 0.2) is 0 Å². The Labute approximate surface area is 115 Å². The minimum Gasteiger partial charge on any atom is -0.506 e. The fraction of sp³-hybridized carbons (Fsp3) is 0.308. The molecule has 19 heavy (non-hydrogen) atoms. The number of rotatable bonds is 2. The normalized spacial score (nSPS) is 17.2. The standard InChI is InChI=1S/C13H14ClN3O2/c1-13(6-19-7-13)11-5-12(15)17(16-11)8-2-3-10(18)9(14)4-8/h2-5,18H,6-7,15H2,1H3. The SMILES string of the molecule is CC1(c2cc(N)n(-c3ccc(O)c(Cl)c3)n2)COC1. The Morgan fingerprint density at radius 3 is 2.74 bits per heavy atom. The molecule has 6 heteroatoms. The topological polar surface area (TPSA) is 73.3 Å². The van der Waals surface area contributed by atoms with Crippen LogP contribution in [-0.4, -0.2) is 28.1 Å². The number of halogens is 1. The van der Waals surface area contributed by atoms with Crippen molar-refractivity contribution in [2.24, 2.45) is 0 Å². The highest BCUT2D eigenvalue weighted by atomic mass is 35.5. The van der Waals surface area contributed by atoms with Crippen LogP contribution in [0.1, 0.15) is 12.6 Å². The molecule has 1 fully saturated rings. The quantitative estimate of drug-likeness (QED) is 0.883. The second-order valence-corrected chi connectivity index (χ2v) is 5.46. The first-order chi connectivity index (χ1) is 8.99. The maximum atomic E-state index is 9.43. The van der Waals surface area contributed by atoms with Crippen LogP contribution in [0.3, 0.4) is 0 Å². The zero-order valence-corrected chi connectivity index (χ0v) is 11.2. The maximum absolute atomic E-state index is 9.43. The molecule has 5 nitrogen and oxygen atoms in total. The molecule has 0 spiro atoms. The third kappa shape index (κ3) is 1.95. The Balaban J connectivity index is 2.03. The minimum absolute atomic E-state index is 0.0377. The van der Waals surface area contributed by atoms with Crippen molar-refractivity contribution < 1.29 is 9.84 Å². The monoisotopic (exact) mass is 279 g/mol. The summed E-state index contributed by atoms with van der Waals surface area (Å²) < 4.78 is 6.85. The molecule has 0 amide bonds. The molecule has 1 aromatic carbocycles. The number of nitrogens with zero attached hydrogens (tertiary/aromatic N) is 2. The van der Waals surface area contributed by atoms with Gasteiger partial charge in [-0.25, -0.2) is 4.68 Å². The van der Waals surface area contributed by atoms with E-state index < -0.39 is 0 Å². The first-order valence-corrected chi connectivity index (χ1v) is 6.30. The van der Waals surface area contributed by atoms with E-state index in [0.29, 0.717) is 19.0 Å². The van der Waals surface area contributed by atoms with E-state index in [1.54, 1.807) is 16.8 Å². The van der Waals surface area contributed by atoms with Gasteiger partial charge in [0.2, 0.25) is 0 Å². The molecule has 3 N–H and O–H groups in total. The average Bonchev–Trinajstić information content (AvgIpc) is 2.72. The van der Waals surface area contributed by atoms with Crippen LogP contribution in [0.2, 0.25) is 5.02 Å². The van der Waals surface area contributed by atoms with E-state index in [4.69, 9.17) is 22.1 Å². The van der Waals surface area contributed by atoms with Gasteiger partial charge in [0.1, 0.15) is 11.6 Å². The highest BCUT2D eigenvalue weighted by molar-refractivity contribution is 6.32. The summed E-state index contributed by atoms with van der Waals surface area (Å²) in [6.07, 6.45) is 0. The second-order valence-electron chi connectivity index (χ2n) is 5.06. The molecule has 0 bridgehead atoms. The van der Waals surface area contributed by atoms with E-state index in [1.807, 2.05) is 6.07 Å². The van der Waals surface area contributed by atoms with E-state index in [1.165, 1.54) is 6.07 Å². The molecule has 1 aromatic heterocycles. The van der Waals surface area contributed by atoms with Crippen molar-refractivity contribution in [2.45, 2.75) is 12.3 Å². The van der Waals surface area contributed by atoms with Crippen molar-refractivity contribution in [1.82, 2.24) is 9.78 Å². The molecule has 100 valence electrons. The highest BCUT2D eigenvalue weighted by Gasteiger charge is 2.38. The van der Waals surface area contributed by atoms with Gasteiger partial charge in [0.25, 0.3) is 0 Å². The van der Waals surface area contributed by atoms with Crippen molar-refractivity contribution in [3.63, 3.8) is 0 Å². The van der Waals surface area contributed by atoms with E-state index in [9.17, 15) is 5.11 Å². The van der Waals surface area contributed by atoms with Crippen LogP contribution < -0.4 is 5.73 Å². The fourth-order valence-corrected chi connectivity index (χ4v) is 2.26. The summed E-state index contributed by atoms with van der Waals surface area (Å²) in [6, 6.07) is 6.72. The average molecular weight is 280 g/mol. The molecule has 3 rings (SSSR count). The van der Waals surface area contributed by atoms with Crippen molar-refractivity contribution in [2.75, 3.05) is 18.9 Å². The number of ether oxygens (including phenoxy) is 1. The summed E-state index contributed by atoms with van der Waals surface area (Å²) in [4.78, 5) is 0. The third-order valence-corrected chi connectivity index (χ3v) is 3.68. The number of phenolic OH excluding ortho intramolecular Hbond substituents is 1. The van der Waals surface area contributed by atoms with Crippen molar-refractivity contribution in [3.05, 3.63) is 35.0 Å². The maximum Gasteiger partial charge on any atom is 0.134 e. The second kappa shape index (κ2) is 4.15. The summed E-state index contributed by atoms with van der Waals surface area (Å²) >= 11 is 5.90. The van der Waals surface area contributed by atoms with Crippen LogP contribution in [0.15, 0.2) is 24.3 Å². The summed E-state index contributed by atoms with van der Waals surface area (Å²) in [5.74, 6) is 0.570. The lowest BCUT2D eigenvalue weighted by molar-refractivity contribution is -0.0522. The van der Waals surface area contributed by atoms with Crippen molar-refractivity contribution in [1.29, 1.82) is 0 Å². The Morgan fingerprint density at radius 1 is 1.42 bits per heavy atom. The van der Waals surface area contributed by atoms with Gasteiger partial charge in [-0.3, -0.25) is 0 Å². The number of nitrogen functional groups attached to an aromatic ring is 1. The Kier molecular flexibility index (Phi) is 2.69. The highest BCUT2D eigenvalue weighted by Crippen LogP contribution is 2.33. The number of aromatic hydroxyl groups is 1. The van der Waals surface area contributed by atoms with Crippen LogP contribution >= 0.6 is 11.6 Å². The lowest BCUT2D eigenvalue weighted by Gasteiger charge is -2.36. The molecule has 0 radical (unpaired) electrons. The minimum atomic E-state index is -0.0694. The van der Waals surface area contributed by atoms with Gasteiger partial charge in [0.05, 0.1) is 35.0 Å². The van der Waals surface area contributed by atoms with Gasteiger partial charge in [-0.1, -0.05) is 11.6 Å². The van der Waals surface area contributed by atoms with Gasteiger partial charge < -0.3 is 15.6 Å². The van der Waals surface area contributed by atoms with Gasteiger partial charge in [-0.15, -0.1) is 0 Å². The van der Waals surface area contributed by atoms with Crippen LogP contribution in [0.25, 0.3) is 5.69 Å². The first kappa shape index (κ1) is 12.3. The van der Waals surface area contributed by atoms with Crippen LogP contribution in [-0.2, 0) is 10.2 Å². The lowest BCUT2D eigenvalue weighted by atomic mass is 9.85. The van der Waals surface area contributed by atoms with E-state index in [-0.39, 0.29) is 16.2 Å². The fourth-order valence-electron chi connectivity index (χ4n) is 2.08. The van der Waals surface area contributed by atoms with Crippen LogP contribution in [0.4, 0.5) is 5.82 Å². The number of aromatic nitrogens is 2. The molecule has 1 aliphatic rings. The van der Waals surface area contributed by atoms with E-state index in [2.05, 4.69) is 12.0 Å². The van der Waals surface area contributed by atoms with E-state index >= 15 is 0 Å². The molecule has 0 atom stereocenters. The largest absolute Gasteiger partial charge is 0.506 e. The third-order valence-electron chi connectivity index (χ3n) is 3.37. The molecule has 0 saturated carbocycles.